The minimum atomic E-state index is 0.904. The molecule has 14 heavy (non-hydrogen) atoms. The lowest BCUT2D eigenvalue weighted by molar-refractivity contribution is 0.804. The molecule has 0 fully saturated rings. The Hall–Kier alpha value is 0.0600. The number of allylic oxidation sites excluding steroid dienone is 4. The predicted molar refractivity (Wildman–Crippen MR) is 66.9 cm³/mol. The lowest BCUT2D eigenvalue weighted by Gasteiger charge is -1.96. The Morgan fingerprint density at radius 3 is 1.50 bits per heavy atom. The molecule has 0 aromatic heterocycles. The molecule has 0 aliphatic heterocycles. The molecule has 0 aromatic carbocycles. The summed E-state index contributed by atoms with van der Waals surface area (Å²) < 4.78 is 0. The minimum Gasteiger partial charge on any atom is -0.0892 e. The Bertz CT molecular complexity index is 170. The first-order chi connectivity index (χ1) is 6.70. The van der Waals surface area contributed by atoms with Gasteiger partial charge in [0.15, 0.2) is 0 Å². The van der Waals surface area contributed by atoms with Gasteiger partial charge in [-0.1, -0.05) is 49.9 Å². The summed E-state index contributed by atoms with van der Waals surface area (Å²) in [6.07, 6.45) is 10.4. The highest BCUT2D eigenvalue weighted by Gasteiger charge is 1.92. The summed E-state index contributed by atoms with van der Waals surface area (Å²) >= 11 is 12.0. The summed E-state index contributed by atoms with van der Waals surface area (Å²) in [7, 11) is 0. The van der Waals surface area contributed by atoms with E-state index in [2.05, 4.69) is 13.8 Å². The van der Waals surface area contributed by atoms with E-state index in [1.54, 1.807) is 0 Å². The van der Waals surface area contributed by atoms with Crippen molar-refractivity contribution in [2.75, 3.05) is 0 Å². The molecule has 0 amide bonds. The van der Waals surface area contributed by atoms with E-state index < -0.39 is 0 Å². The molecular formula is C12H20Cl2. The fourth-order valence-electron chi connectivity index (χ4n) is 1.04. The molecule has 2 heteroatoms. The molecule has 0 radical (unpaired) electrons. The van der Waals surface area contributed by atoms with Crippen LogP contribution in [0.4, 0.5) is 0 Å². The Labute approximate surface area is 98.0 Å². The molecule has 0 heterocycles. The van der Waals surface area contributed by atoms with Crippen LogP contribution in [0.1, 0.15) is 52.4 Å². The molecule has 0 nitrogen and oxygen atoms in total. The Morgan fingerprint density at radius 2 is 1.21 bits per heavy atom. The fraction of sp³-hybridized carbons (Fsp3) is 0.667. The van der Waals surface area contributed by atoms with Crippen LogP contribution in [0.15, 0.2) is 22.2 Å². The van der Waals surface area contributed by atoms with Gasteiger partial charge in [0.05, 0.1) is 0 Å². The van der Waals surface area contributed by atoms with Crippen molar-refractivity contribution in [2.45, 2.75) is 52.4 Å². The lowest BCUT2D eigenvalue weighted by atomic mass is 10.2. The average molecular weight is 235 g/mol. The van der Waals surface area contributed by atoms with Crippen molar-refractivity contribution in [1.82, 2.24) is 0 Å². The first-order valence-corrected chi connectivity index (χ1v) is 6.17. The van der Waals surface area contributed by atoms with Gasteiger partial charge in [0.25, 0.3) is 0 Å². The highest BCUT2D eigenvalue weighted by molar-refractivity contribution is 6.31. The van der Waals surface area contributed by atoms with E-state index in [0.717, 1.165) is 35.7 Å². The quantitative estimate of drug-likeness (QED) is 0.503. The van der Waals surface area contributed by atoms with E-state index in [0.29, 0.717) is 0 Å². The van der Waals surface area contributed by atoms with Crippen molar-refractivity contribution < 1.29 is 0 Å². The molecule has 82 valence electrons. The Balaban J connectivity index is 3.84. The van der Waals surface area contributed by atoms with Gasteiger partial charge < -0.3 is 0 Å². The van der Waals surface area contributed by atoms with Crippen molar-refractivity contribution in [3.8, 4) is 0 Å². The van der Waals surface area contributed by atoms with Crippen molar-refractivity contribution >= 4 is 23.2 Å². The van der Waals surface area contributed by atoms with Gasteiger partial charge >= 0.3 is 0 Å². The predicted octanol–water partition coefficient (Wildman–Crippen LogP) is 5.61. The first kappa shape index (κ1) is 14.1. The summed E-state index contributed by atoms with van der Waals surface area (Å²) in [5.74, 6) is 0. The zero-order valence-corrected chi connectivity index (χ0v) is 10.7. The van der Waals surface area contributed by atoms with E-state index in [9.17, 15) is 0 Å². The SMILES string of the molecule is CCCC/C(Cl)=C/C=C(\Cl)CCCC. The Morgan fingerprint density at radius 1 is 0.857 bits per heavy atom. The normalized spacial score (nSPS) is 13.4. The molecule has 0 aliphatic rings. The Kier molecular flexibility index (Phi) is 9.65. The smallest absolute Gasteiger partial charge is 0.0181 e. The van der Waals surface area contributed by atoms with E-state index in [4.69, 9.17) is 23.2 Å². The summed E-state index contributed by atoms with van der Waals surface area (Å²) in [5.41, 5.74) is 0. The monoisotopic (exact) mass is 234 g/mol. The van der Waals surface area contributed by atoms with E-state index >= 15 is 0 Å². The summed E-state index contributed by atoms with van der Waals surface area (Å²) in [4.78, 5) is 0. The number of hydrogen-bond donors (Lipinski definition) is 0. The zero-order chi connectivity index (χ0) is 10.8. The molecule has 0 atom stereocenters. The topological polar surface area (TPSA) is 0 Å². The van der Waals surface area contributed by atoms with Gasteiger partial charge in [-0.15, -0.1) is 0 Å². The number of hydrogen-bond acceptors (Lipinski definition) is 0. The molecule has 0 saturated heterocycles. The summed E-state index contributed by atoms with van der Waals surface area (Å²) in [6.45, 7) is 4.32. The third-order valence-electron chi connectivity index (χ3n) is 1.98. The number of rotatable bonds is 7. The maximum absolute atomic E-state index is 6.00. The van der Waals surface area contributed by atoms with Crippen LogP contribution in [0.5, 0.6) is 0 Å². The van der Waals surface area contributed by atoms with Crippen LogP contribution >= 0.6 is 23.2 Å². The van der Waals surface area contributed by atoms with Gasteiger partial charge in [-0.3, -0.25) is 0 Å². The maximum atomic E-state index is 6.00. The molecule has 0 rings (SSSR count). The van der Waals surface area contributed by atoms with Gasteiger partial charge in [-0.05, 0) is 37.8 Å². The van der Waals surface area contributed by atoms with E-state index in [1.165, 1.54) is 12.8 Å². The van der Waals surface area contributed by atoms with Crippen LogP contribution < -0.4 is 0 Å². The van der Waals surface area contributed by atoms with Crippen LogP contribution in [-0.2, 0) is 0 Å². The van der Waals surface area contributed by atoms with Gasteiger partial charge in [0.2, 0.25) is 0 Å². The highest BCUT2D eigenvalue weighted by Crippen LogP contribution is 2.15. The lowest BCUT2D eigenvalue weighted by Crippen LogP contribution is -1.76. The molecule has 0 aliphatic carbocycles. The second kappa shape index (κ2) is 9.61. The standard InChI is InChI=1S/C12H20Cl2/c1-3-5-7-11(13)9-10-12(14)8-6-4-2/h9-10H,3-8H2,1-2H3/b11-9-,12-10-. The van der Waals surface area contributed by atoms with Crippen LogP contribution in [0.2, 0.25) is 0 Å². The van der Waals surface area contributed by atoms with Crippen LogP contribution in [0, 0.1) is 0 Å². The van der Waals surface area contributed by atoms with Crippen molar-refractivity contribution in [2.24, 2.45) is 0 Å². The van der Waals surface area contributed by atoms with Gasteiger partial charge in [0, 0.05) is 10.1 Å². The molecule has 0 spiro atoms. The molecule has 0 aromatic rings. The van der Waals surface area contributed by atoms with Crippen molar-refractivity contribution in [3.05, 3.63) is 22.2 Å². The second-order valence-corrected chi connectivity index (χ2v) is 4.41. The van der Waals surface area contributed by atoms with Crippen LogP contribution in [-0.4, -0.2) is 0 Å². The molecule has 0 unspecified atom stereocenters. The third-order valence-corrected chi connectivity index (χ3v) is 2.61. The fourth-order valence-corrected chi connectivity index (χ4v) is 1.43. The molecule has 0 N–H and O–H groups in total. The summed E-state index contributed by atoms with van der Waals surface area (Å²) in [6, 6.07) is 0. The van der Waals surface area contributed by atoms with Crippen LogP contribution in [0.25, 0.3) is 0 Å². The van der Waals surface area contributed by atoms with Crippen molar-refractivity contribution in [3.63, 3.8) is 0 Å². The largest absolute Gasteiger partial charge is 0.0892 e. The highest BCUT2D eigenvalue weighted by atomic mass is 35.5. The molecule has 0 bridgehead atoms. The van der Waals surface area contributed by atoms with Crippen LogP contribution in [0.3, 0.4) is 0 Å². The third kappa shape index (κ3) is 8.65. The van der Waals surface area contributed by atoms with Gasteiger partial charge in [0.1, 0.15) is 0 Å². The van der Waals surface area contributed by atoms with E-state index in [-0.39, 0.29) is 0 Å². The zero-order valence-electron chi connectivity index (χ0n) is 9.15. The average Bonchev–Trinajstić information content (AvgIpc) is 2.20. The number of halogens is 2. The van der Waals surface area contributed by atoms with Gasteiger partial charge in [-0.25, -0.2) is 0 Å². The minimum absolute atomic E-state index is 0.904. The summed E-state index contributed by atoms with van der Waals surface area (Å²) in [5, 5.41) is 1.81. The maximum Gasteiger partial charge on any atom is 0.0181 e. The van der Waals surface area contributed by atoms with E-state index in [1.807, 2.05) is 12.2 Å². The second-order valence-electron chi connectivity index (χ2n) is 3.43. The molecular weight excluding hydrogens is 215 g/mol. The first-order valence-electron chi connectivity index (χ1n) is 5.41. The van der Waals surface area contributed by atoms with Gasteiger partial charge in [-0.2, -0.15) is 0 Å². The number of unbranched alkanes of at least 4 members (excludes halogenated alkanes) is 2. The van der Waals surface area contributed by atoms with Crippen molar-refractivity contribution in [1.29, 1.82) is 0 Å². The molecule has 0 saturated carbocycles.